The van der Waals surface area contributed by atoms with Gasteiger partial charge in [0.15, 0.2) is 17.5 Å². The molecule has 6 aromatic heterocycles. The number of hydrogen-bond acceptors (Lipinski definition) is 13. The predicted molar refractivity (Wildman–Crippen MR) is 182 cm³/mol. The van der Waals surface area contributed by atoms with Crippen LogP contribution < -0.4 is 20.6 Å². The smallest absolute Gasteiger partial charge is 0.368 e. The van der Waals surface area contributed by atoms with E-state index in [1.54, 1.807) is 55.1 Å². The number of anilines is 4. The third-order valence-corrected chi connectivity index (χ3v) is 7.39. The van der Waals surface area contributed by atoms with Crippen molar-refractivity contribution in [2.75, 3.05) is 61.4 Å². The van der Waals surface area contributed by atoms with Crippen LogP contribution in [0.15, 0.2) is 73.6 Å². The molecule has 0 aromatic carbocycles. The molecule has 0 amide bonds. The standard InChI is InChI=1S/C33H33F3N12O/c1-47(2)27-8-6-21(18-42-27)23-16-25-29(39-13-11-37-25)31(45-23)41-10-4-5-15-49-48(3)28-9-7-22(19-43-28)24-17-26-30(40-14-12-38-26)32(46-24)44-20-33(34,35)36/h6-9,11-14,16-19H,4-5,10,15,20H2,1-3H3,(H,41,45)(H,44,46). The summed E-state index contributed by atoms with van der Waals surface area (Å²) >= 11 is 0. The Hall–Kier alpha value is -5.77. The molecule has 13 nitrogen and oxygen atoms in total. The van der Waals surface area contributed by atoms with Crippen molar-refractivity contribution in [3.8, 4) is 22.5 Å². The first-order valence-corrected chi connectivity index (χ1v) is 15.4. The first-order chi connectivity index (χ1) is 23.6. The molecule has 252 valence electrons. The zero-order valence-electron chi connectivity index (χ0n) is 27.0. The number of pyridine rings is 4. The van der Waals surface area contributed by atoms with E-state index in [1.165, 1.54) is 12.4 Å². The maximum Gasteiger partial charge on any atom is 0.405 e. The Labute approximate surface area is 279 Å². The normalized spacial score (nSPS) is 11.6. The zero-order chi connectivity index (χ0) is 34.4. The molecule has 0 saturated heterocycles. The second kappa shape index (κ2) is 14.6. The molecule has 0 bridgehead atoms. The summed E-state index contributed by atoms with van der Waals surface area (Å²) in [5.74, 6) is 2.05. The highest BCUT2D eigenvalue weighted by atomic mass is 19.4. The number of aromatic nitrogens is 8. The third kappa shape index (κ3) is 8.21. The van der Waals surface area contributed by atoms with Crippen LogP contribution in [-0.4, -0.2) is 86.9 Å². The molecule has 0 spiro atoms. The number of alkyl halides is 3. The Morgan fingerprint density at radius 3 is 1.76 bits per heavy atom. The maximum atomic E-state index is 12.9. The van der Waals surface area contributed by atoms with Gasteiger partial charge in [0.25, 0.3) is 0 Å². The van der Waals surface area contributed by atoms with E-state index < -0.39 is 12.7 Å². The van der Waals surface area contributed by atoms with Crippen LogP contribution in [0.5, 0.6) is 0 Å². The van der Waals surface area contributed by atoms with Crippen LogP contribution in [0.2, 0.25) is 0 Å². The van der Waals surface area contributed by atoms with Crippen molar-refractivity contribution >= 4 is 45.3 Å². The minimum absolute atomic E-state index is 0.00579. The lowest BCUT2D eigenvalue weighted by Gasteiger charge is -2.18. The van der Waals surface area contributed by atoms with E-state index in [0.717, 1.165) is 35.4 Å². The van der Waals surface area contributed by atoms with Gasteiger partial charge in [-0.2, -0.15) is 13.2 Å². The lowest BCUT2D eigenvalue weighted by Crippen LogP contribution is -2.22. The number of halogens is 3. The van der Waals surface area contributed by atoms with Crippen LogP contribution in [0, 0.1) is 0 Å². The van der Waals surface area contributed by atoms with Gasteiger partial charge in [0.05, 0.1) is 29.0 Å². The van der Waals surface area contributed by atoms with Gasteiger partial charge in [-0.25, -0.2) is 35.0 Å². The molecule has 6 rings (SSSR count). The van der Waals surface area contributed by atoms with Gasteiger partial charge in [-0.05, 0) is 49.2 Å². The average Bonchev–Trinajstić information content (AvgIpc) is 3.11. The lowest BCUT2D eigenvalue weighted by molar-refractivity contribution is -0.115. The second-order valence-corrected chi connectivity index (χ2v) is 11.2. The molecule has 0 atom stereocenters. The number of nitrogens with one attached hydrogen (secondary N) is 2. The molecule has 0 fully saturated rings. The quantitative estimate of drug-likeness (QED) is 0.113. The van der Waals surface area contributed by atoms with Crippen LogP contribution in [-0.2, 0) is 4.84 Å². The average molecular weight is 671 g/mol. The molecular weight excluding hydrogens is 637 g/mol. The number of unbranched alkanes of at least 4 members (excludes halogenated alkanes) is 1. The van der Waals surface area contributed by atoms with Gasteiger partial charge in [-0.1, -0.05) is 0 Å². The Morgan fingerprint density at radius 2 is 1.22 bits per heavy atom. The van der Waals surface area contributed by atoms with E-state index in [1.807, 2.05) is 37.2 Å². The molecule has 0 unspecified atom stereocenters. The van der Waals surface area contributed by atoms with Crippen molar-refractivity contribution in [2.45, 2.75) is 19.0 Å². The SMILES string of the molecule is CN(C)c1ccc(-c2cc3nccnc3c(NCCCCON(C)c3ccc(-c4cc5nccnc5c(NCC(F)(F)F)n4)cn3)n2)cn1. The number of hydrogen-bond donors (Lipinski definition) is 2. The Bertz CT molecular complexity index is 2030. The van der Waals surface area contributed by atoms with Crippen molar-refractivity contribution in [1.82, 2.24) is 39.9 Å². The van der Waals surface area contributed by atoms with Gasteiger partial charge in [0, 0.05) is 76.0 Å². The number of nitrogens with zero attached hydrogens (tertiary/aromatic N) is 10. The fraction of sp³-hybridized carbons (Fsp3) is 0.273. The summed E-state index contributed by atoms with van der Waals surface area (Å²) in [5, 5.41) is 7.30. The third-order valence-electron chi connectivity index (χ3n) is 7.39. The predicted octanol–water partition coefficient (Wildman–Crippen LogP) is 5.79. The molecule has 0 aliphatic heterocycles. The summed E-state index contributed by atoms with van der Waals surface area (Å²) in [4.78, 5) is 43.3. The number of hydroxylamine groups is 1. The van der Waals surface area contributed by atoms with E-state index in [0.29, 0.717) is 47.1 Å². The van der Waals surface area contributed by atoms with Crippen LogP contribution in [0.25, 0.3) is 44.6 Å². The van der Waals surface area contributed by atoms with Crippen molar-refractivity contribution in [1.29, 1.82) is 0 Å². The van der Waals surface area contributed by atoms with E-state index in [-0.39, 0.29) is 11.3 Å². The lowest BCUT2D eigenvalue weighted by atomic mass is 10.1. The van der Waals surface area contributed by atoms with Gasteiger partial charge < -0.3 is 15.5 Å². The van der Waals surface area contributed by atoms with Crippen molar-refractivity contribution in [3.05, 3.63) is 73.6 Å². The van der Waals surface area contributed by atoms with E-state index >= 15 is 0 Å². The molecular formula is C33H33F3N12O. The van der Waals surface area contributed by atoms with Crippen LogP contribution >= 0.6 is 0 Å². The minimum atomic E-state index is -4.42. The summed E-state index contributed by atoms with van der Waals surface area (Å²) < 4.78 is 38.7. The monoisotopic (exact) mass is 670 g/mol. The van der Waals surface area contributed by atoms with E-state index in [9.17, 15) is 13.2 Å². The molecule has 6 aromatic rings. The summed E-state index contributed by atoms with van der Waals surface area (Å²) in [6.45, 7) is -0.161. The van der Waals surface area contributed by atoms with Crippen LogP contribution in [0.4, 0.5) is 36.4 Å². The van der Waals surface area contributed by atoms with Gasteiger partial charge in [-0.3, -0.25) is 14.8 Å². The summed E-state index contributed by atoms with van der Waals surface area (Å²) in [7, 11) is 5.64. The van der Waals surface area contributed by atoms with Crippen molar-refractivity contribution < 1.29 is 18.0 Å². The highest BCUT2D eigenvalue weighted by Gasteiger charge is 2.27. The van der Waals surface area contributed by atoms with Gasteiger partial charge >= 0.3 is 6.18 Å². The van der Waals surface area contributed by atoms with Crippen molar-refractivity contribution in [2.24, 2.45) is 0 Å². The molecule has 2 N–H and O–H groups in total. The van der Waals surface area contributed by atoms with E-state index in [2.05, 4.69) is 45.5 Å². The summed E-state index contributed by atoms with van der Waals surface area (Å²) in [6.07, 6.45) is 6.70. The Morgan fingerprint density at radius 1 is 0.673 bits per heavy atom. The van der Waals surface area contributed by atoms with Crippen LogP contribution in [0.3, 0.4) is 0 Å². The molecule has 16 heteroatoms. The van der Waals surface area contributed by atoms with Crippen molar-refractivity contribution in [3.63, 3.8) is 0 Å². The van der Waals surface area contributed by atoms with E-state index in [4.69, 9.17) is 9.82 Å². The highest BCUT2D eigenvalue weighted by Crippen LogP contribution is 2.28. The van der Waals surface area contributed by atoms with Gasteiger partial charge in [0.2, 0.25) is 0 Å². The Kier molecular flexibility index (Phi) is 9.84. The molecule has 0 aliphatic carbocycles. The minimum Gasteiger partial charge on any atom is -0.368 e. The fourth-order valence-corrected chi connectivity index (χ4v) is 4.90. The van der Waals surface area contributed by atoms with Gasteiger partial charge in [-0.15, -0.1) is 0 Å². The highest BCUT2D eigenvalue weighted by molar-refractivity contribution is 5.89. The summed E-state index contributed by atoms with van der Waals surface area (Å²) in [5.41, 5.74) is 4.72. The first-order valence-electron chi connectivity index (χ1n) is 15.4. The van der Waals surface area contributed by atoms with Crippen LogP contribution in [0.1, 0.15) is 12.8 Å². The largest absolute Gasteiger partial charge is 0.405 e. The topological polar surface area (TPSA) is 143 Å². The molecule has 0 saturated carbocycles. The molecule has 0 radical (unpaired) electrons. The molecule has 0 aliphatic rings. The Balaban J connectivity index is 1.03. The first kappa shape index (κ1) is 33.1. The summed E-state index contributed by atoms with van der Waals surface area (Å²) in [6, 6.07) is 11.0. The maximum absolute atomic E-state index is 12.9. The fourth-order valence-electron chi connectivity index (χ4n) is 4.90. The number of rotatable bonds is 13. The second-order valence-electron chi connectivity index (χ2n) is 11.2. The zero-order valence-corrected chi connectivity index (χ0v) is 27.0. The molecule has 6 heterocycles. The van der Waals surface area contributed by atoms with Gasteiger partial charge in [0.1, 0.15) is 23.4 Å². The number of fused-ring (bicyclic) bond motifs is 2. The molecule has 49 heavy (non-hydrogen) atoms.